The molecule has 0 aliphatic carbocycles. The minimum Gasteiger partial charge on any atom is -0.478 e. The molecule has 0 aliphatic heterocycles. The van der Waals surface area contributed by atoms with E-state index in [-0.39, 0.29) is 5.56 Å². The van der Waals surface area contributed by atoms with Crippen LogP contribution in [0, 0.1) is 0 Å². The lowest BCUT2D eigenvalue weighted by Crippen LogP contribution is -2.13. The van der Waals surface area contributed by atoms with Crippen molar-refractivity contribution in [1.29, 1.82) is 0 Å². The van der Waals surface area contributed by atoms with Gasteiger partial charge in [-0.05, 0) is 42.5 Å². The van der Waals surface area contributed by atoms with E-state index in [1.165, 1.54) is 19.2 Å². The summed E-state index contributed by atoms with van der Waals surface area (Å²) in [5.74, 6) is -1.43. The van der Waals surface area contributed by atoms with Gasteiger partial charge >= 0.3 is 11.9 Å². The Morgan fingerprint density at radius 1 is 1.09 bits per heavy atom. The van der Waals surface area contributed by atoms with E-state index in [0.717, 1.165) is 5.69 Å². The molecule has 0 saturated carbocycles. The largest absolute Gasteiger partial charge is 0.478 e. The summed E-state index contributed by atoms with van der Waals surface area (Å²) in [7, 11) is 3.09. The predicted molar refractivity (Wildman–Crippen MR) is 83.7 cm³/mol. The summed E-state index contributed by atoms with van der Waals surface area (Å²) in [6, 6.07) is 11.3. The molecule has 0 bridgehead atoms. The molecule has 0 amide bonds. The highest BCUT2D eigenvalue weighted by Gasteiger charge is 2.12. The molecule has 0 atom stereocenters. The number of anilines is 3. The zero-order valence-corrected chi connectivity index (χ0v) is 12.2. The highest BCUT2D eigenvalue weighted by molar-refractivity contribution is 5.92. The van der Waals surface area contributed by atoms with Crippen LogP contribution >= 0.6 is 0 Å². The zero-order chi connectivity index (χ0) is 16.3. The van der Waals surface area contributed by atoms with Crippen LogP contribution in [-0.4, -0.2) is 31.2 Å². The second-order valence-electron chi connectivity index (χ2n) is 4.68. The number of rotatable bonds is 4. The smallest absolute Gasteiger partial charge is 0.337 e. The summed E-state index contributed by atoms with van der Waals surface area (Å²) in [5, 5.41) is 9.07. The number of aromatic carboxylic acids is 1. The van der Waals surface area contributed by atoms with E-state index in [9.17, 15) is 9.59 Å². The second-order valence-corrected chi connectivity index (χ2v) is 4.68. The van der Waals surface area contributed by atoms with Gasteiger partial charge in [-0.3, -0.25) is 0 Å². The van der Waals surface area contributed by atoms with Crippen molar-refractivity contribution in [1.82, 2.24) is 0 Å². The first-order valence-corrected chi connectivity index (χ1v) is 6.49. The van der Waals surface area contributed by atoms with Crippen molar-refractivity contribution in [3.05, 3.63) is 53.6 Å². The number of nitrogens with two attached hydrogens (primary N) is 1. The number of nitrogen functional groups attached to an aromatic ring is 1. The van der Waals surface area contributed by atoms with Crippen molar-refractivity contribution >= 4 is 29.0 Å². The average molecular weight is 300 g/mol. The van der Waals surface area contributed by atoms with Crippen LogP contribution < -0.4 is 10.6 Å². The Labute approximate surface area is 127 Å². The number of carboxylic acids is 1. The van der Waals surface area contributed by atoms with Gasteiger partial charge in [0, 0.05) is 12.7 Å². The van der Waals surface area contributed by atoms with E-state index in [1.807, 2.05) is 0 Å². The normalized spacial score (nSPS) is 10.1. The number of carbonyl (C=O) groups is 2. The van der Waals surface area contributed by atoms with Crippen molar-refractivity contribution in [2.45, 2.75) is 0 Å². The molecule has 22 heavy (non-hydrogen) atoms. The Morgan fingerprint density at radius 3 is 2.23 bits per heavy atom. The SMILES string of the molecule is COC(=O)c1ccc(N(C)c2cc(C(=O)O)ccc2N)cc1. The van der Waals surface area contributed by atoms with Crippen molar-refractivity contribution in [3.63, 3.8) is 0 Å². The number of hydrogen-bond donors (Lipinski definition) is 2. The van der Waals surface area contributed by atoms with Gasteiger partial charge in [0.15, 0.2) is 0 Å². The van der Waals surface area contributed by atoms with Crippen LogP contribution in [0.25, 0.3) is 0 Å². The first-order chi connectivity index (χ1) is 10.4. The van der Waals surface area contributed by atoms with Crippen molar-refractivity contribution in [3.8, 4) is 0 Å². The van der Waals surface area contributed by atoms with E-state index >= 15 is 0 Å². The molecule has 0 spiro atoms. The summed E-state index contributed by atoms with van der Waals surface area (Å²) < 4.78 is 4.64. The Balaban J connectivity index is 2.35. The molecule has 0 aromatic heterocycles. The molecule has 2 rings (SSSR count). The number of benzene rings is 2. The number of ether oxygens (including phenoxy) is 1. The molecule has 0 radical (unpaired) electrons. The van der Waals surface area contributed by atoms with Crippen LogP contribution in [0.15, 0.2) is 42.5 Å². The summed E-state index contributed by atoms with van der Waals surface area (Å²) in [5.41, 5.74) is 8.31. The monoisotopic (exact) mass is 300 g/mol. The lowest BCUT2D eigenvalue weighted by atomic mass is 10.1. The molecule has 0 saturated heterocycles. The maximum Gasteiger partial charge on any atom is 0.337 e. The fourth-order valence-corrected chi connectivity index (χ4v) is 2.05. The molecule has 3 N–H and O–H groups in total. The van der Waals surface area contributed by atoms with Crippen LogP contribution in [-0.2, 0) is 4.74 Å². The van der Waals surface area contributed by atoms with Crippen molar-refractivity contribution in [2.75, 3.05) is 24.8 Å². The average Bonchev–Trinajstić information content (AvgIpc) is 2.53. The van der Waals surface area contributed by atoms with Crippen molar-refractivity contribution in [2.24, 2.45) is 0 Å². The van der Waals surface area contributed by atoms with E-state index in [0.29, 0.717) is 16.9 Å². The fraction of sp³-hybridized carbons (Fsp3) is 0.125. The second kappa shape index (κ2) is 6.17. The highest BCUT2D eigenvalue weighted by atomic mass is 16.5. The predicted octanol–water partition coefficient (Wildman–Crippen LogP) is 2.52. The lowest BCUT2D eigenvalue weighted by molar-refractivity contribution is 0.0600. The molecule has 6 nitrogen and oxygen atoms in total. The van der Waals surface area contributed by atoms with Crippen LogP contribution in [0.4, 0.5) is 17.1 Å². The fourth-order valence-electron chi connectivity index (χ4n) is 2.05. The third-order valence-corrected chi connectivity index (χ3v) is 3.31. The minimum atomic E-state index is -1.02. The number of esters is 1. The quantitative estimate of drug-likeness (QED) is 0.665. The molecule has 6 heteroatoms. The molecule has 0 aliphatic rings. The summed E-state index contributed by atoms with van der Waals surface area (Å²) in [6.07, 6.45) is 0. The Kier molecular flexibility index (Phi) is 4.31. The standard InChI is InChI=1S/C16H16N2O4/c1-18(12-6-3-10(4-7-12)16(21)22-2)14-9-11(15(19)20)5-8-13(14)17/h3-9H,17H2,1-2H3,(H,19,20). The number of carboxylic acid groups (broad SMARTS) is 1. The highest BCUT2D eigenvalue weighted by Crippen LogP contribution is 2.30. The zero-order valence-electron chi connectivity index (χ0n) is 12.2. The number of hydrogen-bond acceptors (Lipinski definition) is 5. The summed E-state index contributed by atoms with van der Waals surface area (Å²) in [4.78, 5) is 24.2. The van der Waals surface area contributed by atoms with Gasteiger partial charge in [0.2, 0.25) is 0 Å². The summed E-state index contributed by atoms with van der Waals surface area (Å²) in [6.45, 7) is 0. The summed E-state index contributed by atoms with van der Waals surface area (Å²) >= 11 is 0. The molecular weight excluding hydrogens is 284 g/mol. The van der Waals surface area contributed by atoms with Gasteiger partial charge in [-0.1, -0.05) is 0 Å². The Morgan fingerprint density at radius 2 is 1.68 bits per heavy atom. The topological polar surface area (TPSA) is 92.9 Å². The molecule has 2 aromatic carbocycles. The van der Waals surface area contributed by atoms with Gasteiger partial charge in [0.05, 0.1) is 29.6 Å². The minimum absolute atomic E-state index is 0.155. The maximum absolute atomic E-state index is 11.4. The van der Waals surface area contributed by atoms with Gasteiger partial charge in [-0.15, -0.1) is 0 Å². The van der Waals surface area contributed by atoms with Crippen LogP contribution in [0.5, 0.6) is 0 Å². The van der Waals surface area contributed by atoms with Gasteiger partial charge in [-0.2, -0.15) is 0 Å². The molecular formula is C16H16N2O4. The molecule has 114 valence electrons. The van der Waals surface area contributed by atoms with Gasteiger partial charge in [-0.25, -0.2) is 9.59 Å². The van der Waals surface area contributed by atoms with Crippen LogP contribution in [0.2, 0.25) is 0 Å². The molecule has 0 heterocycles. The maximum atomic E-state index is 11.4. The number of methoxy groups -OCH3 is 1. The molecule has 0 fully saturated rings. The third kappa shape index (κ3) is 3.01. The van der Waals surface area contributed by atoms with E-state index in [2.05, 4.69) is 4.74 Å². The van der Waals surface area contributed by atoms with Gasteiger partial charge in [0.1, 0.15) is 0 Å². The number of carbonyl (C=O) groups excluding carboxylic acids is 1. The third-order valence-electron chi connectivity index (χ3n) is 3.31. The number of nitrogens with zero attached hydrogens (tertiary/aromatic N) is 1. The van der Waals surface area contributed by atoms with E-state index in [4.69, 9.17) is 10.8 Å². The first kappa shape index (κ1) is 15.4. The molecule has 2 aromatic rings. The van der Waals surface area contributed by atoms with E-state index < -0.39 is 11.9 Å². The van der Waals surface area contributed by atoms with Gasteiger partial charge in [0.25, 0.3) is 0 Å². The van der Waals surface area contributed by atoms with Crippen LogP contribution in [0.1, 0.15) is 20.7 Å². The van der Waals surface area contributed by atoms with Crippen molar-refractivity contribution < 1.29 is 19.4 Å². The Hall–Kier alpha value is -3.02. The van der Waals surface area contributed by atoms with Crippen LogP contribution in [0.3, 0.4) is 0 Å². The van der Waals surface area contributed by atoms with E-state index in [1.54, 1.807) is 42.3 Å². The first-order valence-electron chi connectivity index (χ1n) is 6.49. The van der Waals surface area contributed by atoms with Gasteiger partial charge < -0.3 is 20.5 Å². The Bertz CT molecular complexity index is 711. The lowest BCUT2D eigenvalue weighted by Gasteiger charge is -2.22. The molecule has 0 unspecified atom stereocenters.